The van der Waals surface area contributed by atoms with Crippen molar-refractivity contribution in [3.8, 4) is 0 Å². The summed E-state index contributed by atoms with van der Waals surface area (Å²) in [4.78, 5) is 11.0. The van der Waals surface area contributed by atoms with Crippen molar-refractivity contribution >= 4 is 17.7 Å². The molecule has 4 nitrogen and oxygen atoms in total. The van der Waals surface area contributed by atoms with Crippen molar-refractivity contribution in [2.75, 3.05) is 5.32 Å². The van der Waals surface area contributed by atoms with Gasteiger partial charge in [-0.1, -0.05) is 18.2 Å². The maximum absolute atomic E-state index is 13.6. The minimum absolute atomic E-state index is 0.0979. The highest BCUT2D eigenvalue weighted by molar-refractivity contribution is 5.91. The molecule has 0 bridgehead atoms. The van der Waals surface area contributed by atoms with E-state index in [-0.39, 0.29) is 12.1 Å². The average Bonchev–Trinajstić information content (AvgIpc) is 2.54. The highest BCUT2D eigenvalue weighted by Crippen LogP contribution is 2.19. The predicted molar refractivity (Wildman–Crippen MR) is 79.1 cm³/mol. The quantitative estimate of drug-likeness (QED) is 0.452. The molecule has 0 atom stereocenters. The van der Waals surface area contributed by atoms with E-state index in [0.717, 1.165) is 24.3 Å². The van der Waals surface area contributed by atoms with E-state index in [9.17, 15) is 13.6 Å². The number of nitrogens with one attached hydrogen (secondary N) is 2. The van der Waals surface area contributed by atoms with Crippen LogP contribution in [-0.2, 0) is 11.3 Å². The van der Waals surface area contributed by atoms with Crippen LogP contribution in [0.15, 0.2) is 48.5 Å². The third-order valence-corrected chi connectivity index (χ3v) is 2.96. The summed E-state index contributed by atoms with van der Waals surface area (Å²) in [6, 6.07) is 10.3. The van der Waals surface area contributed by atoms with Gasteiger partial charge in [-0.15, -0.1) is 0 Å². The van der Waals surface area contributed by atoms with E-state index < -0.39 is 17.5 Å². The molecule has 0 aliphatic rings. The number of hydrogen-bond acceptors (Lipinski definition) is 3. The van der Waals surface area contributed by atoms with Crippen LogP contribution in [0.25, 0.3) is 6.08 Å². The Bertz CT molecular complexity index is 702. The van der Waals surface area contributed by atoms with E-state index in [1.54, 1.807) is 24.3 Å². The molecule has 0 saturated heterocycles. The molecule has 114 valence electrons. The Morgan fingerprint density at radius 3 is 2.73 bits per heavy atom. The standard InChI is InChI=1S/C16H14F2N2O2/c17-13-6-7-14(18)12(9-13)10-19-15-4-2-1-3-11(15)5-8-16(21)20-22/h1-9,19,22H,10H2,(H,20,21)/b8-5+. The molecule has 2 rings (SSSR count). The summed E-state index contributed by atoms with van der Waals surface area (Å²) in [5.41, 5.74) is 3.01. The Hall–Kier alpha value is -2.73. The van der Waals surface area contributed by atoms with Gasteiger partial charge in [0.2, 0.25) is 0 Å². The molecule has 0 aromatic heterocycles. The second-order valence-corrected chi connectivity index (χ2v) is 4.49. The summed E-state index contributed by atoms with van der Waals surface area (Å²) >= 11 is 0. The first kappa shape index (κ1) is 15.7. The maximum atomic E-state index is 13.6. The lowest BCUT2D eigenvalue weighted by molar-refractivity contribution is -0.124. The minimum Gasteiger partial charge on any atom is -0.380 e. The number of hydroxylamine groups is 1. The van der Waals surface area contributed by atoms with Crippen LogP contribution in [0.2, 0.25) is 0 Å². The number of carbonyl (C=O) groups is 1. The number of amides is 1. The Labute approximate surface area is 126 Å². The van der Waals surface area contributed by atoms with Gasteiger partial charge in [-0.3, -0.25) is 10.0 Å². The lowest BCUT2D eigenvalue weighted by Gasteiger charge is -2.10. The zero-order valence-electron chi connectivity index (χ0n) is 11.5. The van der Waals surface area contributed by atoms with Gasteiger partial charge < -0.3 is 5.32 Å². The number of para-hydroxylation sites is 1. The van der Waals surface area contributed by atoms with Gasteiger partial charge in [-0.2, -0.15) is 0 Å². The Morgan fingerprint density at radius 2 is 1.95 bits per heavy atom. The number of halogens is 2. The van der Waals surface area contributed by atoms with Gasteiger partial charge in [0.05, 0.1) is 0 Å². The number of rotatable bonds is 5. The highest BCUT2D eigenvalue weighted by atomic mass is 19.1. The zero-order valence-corrected chi connectivity index (χ0v) is 11.5. The lowest BCUT2D eigenvalue weighted by atomic mass is 10.1. The third kappa shape index (κ3) is 4.13. The van der Waals surface area contributed by atoms with Gasteiger partial charge in [0, 0.05) is 23.9 Å². The summed E-state index contributed by atoms with van der Waals surface area (Å²) in [5, 5.41) is 11.4. The largest absolute Gasteiger partial charge is 0.380 e. The monoisotopic (exact) mass is 304 g/mol. The van der Waals surface area contributed by atoms with Crippen LogP contribution >= 0.6 is 0 Å². The first-order valence-electron chi connectivity index (χ1n) is 6.49. The van der Waals surface area contributed by atoms with E-state index in [1.807, 2.05) is 0 Å². The molecule has 0 fully saturated rings. The van der Waals surface area contributed by atoms with Crippen LogP contribution in [0.3, 0.4) is 0 Å². The van der Waals surface area contributed by atoms with Crippen LogP contribution in [0.5, 0.6) is 0 Å². The molecular formula is C16H14F2N2O2. The smallest absolute Gasteiger partial charge is 0.267 e. The van der Waals surface area contributed by atoms with E-state index in [1.165, 1.54) is 11.6 Å². The first-order valence-corrected chi connectivity index (χ1v) is 6.49. The number of hydrogen-bond donors (Lipinski definition) is 3. The number of carbonyl (C=O) groups excluding carboxylic acids is 1. The van der Waals surface area contributed by atoms with Crippen molar-refractivity contribution < 1.29 is 18.8 Å². The molecule has 0 aliphatic heterocycles. The zero-order chi connectivity index (χ0) is 15.9. The average molecular weight is 304 g/mol. The van der Waals surface area contributed by atoms with Gasteiger partial charge >= 0.3 is 0 Å². The summed E-state index contributed by atoms with van der Waals surface area (Å²) in [6.07, 6.45) is 2.65. The van der Waals surface area contributed by atoms with Crippen molar-refractivity contribution in [2.45, 2.75) is 6.54 Å². The lowest BCUT2D eigenvalue weighted by Crippen LogP contribution is -2.14. The summed E-state index contributed by atoms with van der Waals surface area (Å²) in [7, 11) is 0. The number of anilines is 1. The van der Waals surface area contributed by atoms with Crippen molar-refractivity contribution in [3.05, 3.63) is 71.3 Å². The second-order valence-electron chi connectivity index (χ2n) is 4.49. The van der Waals surface area contributed by atoms with Gasteiger partial charge in [-0.05, 0) is 35.9 Å². The fraction of sp³-hybridized carbons (Fsp3) is 0.0625. The molecule has 3 N–H and O–H groups in total. The first-order chi connectivity index (χ1) is 10.6. The molecule has 0 aliphatic carbocycles. The molecule has 2 aromatic rings. The van der Waals surface area contributed by atoms with Crippen LogP contribution < -0.4 is 10.8 Å². The molecule has 0 saturated carbocycles. The van der Waals surface area contributed by atoms with E-state index in [0.29, 0.717) is 11.3 Å². The second kappa shape index (κ2) is 7.33. The molecule has 2 aromatic carbocycles. The van der Waals surface area contributed by atoms with Crippen molar-refractivity contribution in [2.24, 2.45) is 0 Å². The van der Waals surface area contributed by atoms with Crippen molar-refractivity contribution in [3.63, 3.8) is 0 Å². The van der Waals surface area contributed by atoms with Gasteiger partial charge in [0.15, 0.2) is 0 Å². The van der Waals surface area contributed by atoms with Crippen LogP contribution in [-0.4, -0.2) is 11.1 Å². The van der Waals surface area contributed by atoms with E-state index in [4.69, 9.17) is 5.21 Å². The molecular weight excluding hydrogens is 290 g/mol. The maximum Gasteiger partial charge on any atom is 0.267 e. The molecule has 0 unspecified atom stereocenters. The van der Waals surface area contributed by atoms with Gasteiger partial charge in [0.1, 0.15) is 11.6 Å². The topological polar surface area (TPSA) is 61.4 Å². The normalized spacial score (nSPS) is 10.7. The SMILES string of the molecule is O=C(/C=C/c1ccccc1NCc1cc(F)ccc1F)NO. The Balaban J connectivity index is 2.14. The molecule has 0 heterocycles. The molecule has 0 radical (unpaired) electrons. The molecule has 22 heavy (non-hydrogen) atoms. The molecule has 1 amide bonds. The fourth-order valence-corrected chi connectivity index (χ4v) is 1.88. The van der Waals surface area contributed by atoms with Gasteiger partial charge in [-0.25, -0.2) is 14.3 Å². The summed E-state index contributed by atoms with van der Waals surface area (Å²) < 4.78 is 26.7. The molecule has 0 spiro atoms. The fourth-order valence-electron chi connectivity index (χ4n) is 1.88. The van der Waals surface area contributed by atoms with E-state index in [2.05, 4.69) is 5.32 Å². The summed E-state index contributed by atoms with van der Waals surface area (Å²) in [5.74, 6) is -1.67. The van der Waals surface area contributed by atoms with Gasteiger partial charge in [0.25, 0.3) is 5.91 Å². The number of benzene rings is 2. The Morgan fingerprint density at radius 1 is 1.18 bits per heavy atom. The minimum atomic E-state index is -0.661. The third-order valence-electron chi connectivity index (χ3n) is 2.96. The van der Waals surface area contributed by atoms with Crippen LogP contribution in [0.1, 0.15) is 11.1 Å². The van der Waals surface area contributed by atoms with Crippen LogP contribution in [0.4, 0.5) is 14.5 Å². The molecule has 6 heteroatoms. The summed E-state index contributed by atoms with van der Waals surface area (Å²) in [6.45, 7) is 0.0979. The van der Waals surface area contributed by atoms with E-state index >= 15 is 0 Å². The Kier molecular flexibility index (Phi) is 5.21. The van der Waals surface area contributed by atoms with Crippen molar-refractivity contribution in [1.29, 1.82) is 0 Å². The van der Waals surface area contributed by atoms with Crippen LogP contribution in [0, 0.1) is 11.6 Å². The highest BCUT2D eigenvalue weighted by Gasteiger charge is 2.05. The predicted octanol–water partition coefficient (Wildman–Crippen LogP) is 3.10. The van der Waals surface area contributed by atoms with Crippen molar-refractivity contribution in [1.82, 2.24) is 5.48 Å².